The Balaban J connectivity index is 2.32. The van der Waals surface area contributed by atoms with Crippen LogP contribution in [0, 0.1) is 11.3 Å². The second-order valence-corrected chi connectivity index (χ2v) is 4.13. The number of nitrogens with two attached hydrogens (primary N) is 1. The molecule has 0 fully saturated rings. The number of carbonyl (C=O) groups excluding carboxylic acids is 1. The van der Waals surface area contributed by atoms with Crippen LogP contribution in [0.25, 0.3) is 0 Å². The standard InChI is InChI=1S/C13H9ClN4O/c14-9-4-3-8(7-15)11(6-9)18-13(19)12-10(16)2-1-5-17-12/h1-6H,16H2,(H,18,19). The summed E-state index contributed by atoms with van der Waals surface area (Å²) in [7, 11) is 0. The maximum Gasteiger partial charge on any atom is 0.276 e. The number of nitrogen functional groups attached to an aromatic ring is 1. The minimum absolute atomic E-state index is 0.103. The molecule has 0 atom stereocenters. The molecule has 0 saturated heterocycles. The summed E-state index contributed by atoms with van der Waals surface area (Å²) in [6.45, 7) is 0. The van der Waals surface area contributed by atoms with E-state index in [9.17, 15) is 4.79 Å². The van der Waals surface area contributed by atoms with E-state index >= 15 is 0 Å². The first-order valence-corrected chi connectivity index (χ1v) is 5.71. The molecule has 0 aliphatic rings. The fraction of sp³-hybridized carbons (Fsp3) is 0. The van der Waals surface area contributed by atoms with Crippen LogP contribution in [-0.2, 0) is 0 Å². The Labute approximate surface area is 114 Å². The third-order valence-corrected chi connectivity index (χ3v) is 2.64. The van der Waals surface area contributed by atoms with Gasteiger partial charge < -0.3 is 11.1 Å². The van der Waals surface area contributed by atoms with E-state index < -0.39 is 5.91 Å². The van der Waals surface area contributed by atoms with Crippen LogP contribution in [0.1, 0.15) is 16.1 Å². The van der Waals surface area contributed by atoms with Crippen molar-refractivity contribution in [1.82, 2.24) is 4.98 Å². The highest BCUT2D eigenvalue weighted by atomic mass is 35.5. The summed E-state index contributed by atoms with van der Waals surface area (Å²) >= 11 is 5.83. The largest absolute Gasteiger partial charge is 0.397 e. The van der Waals surface area contributed by atoms with Crippen molar-refractivity contribution in [3.8, 4) is 6.07 Å². The smallest absolute Gasteiger partial charge is 0.276 e. The van der Waals surface area contributed by atoms with Gasteiger partial charge in [-0.15, -0.1) is 0 Å². The van der Waals surface area contributed by atoms with Crippen molar-refractivity contribution in [3.05, 3.63) is 52.8 Å². The number of carbonyl (C=O) groups is 1. The molecule has 1 aromatic carbocycles. The monoisotopic (exact) mass is 272 g/mol. The van der Waals surface area contributed by atoms with E-state index in [2.05, 4.69) is 10.3 Å². The van der Waals surface area contributed by atoms with Crippen LogP contribution in [0.5, 0.6) is 0 Å². The minimum atomic E-state index is -0.489. The Bertz CT molecular complexity index is 679. The minimum Gasteiger partial charge on any atom is -0.397 e. The van der Waals surface area contributed by atoms with Crippen LogP contribution in [0.15, 0.2) is 36.5 Å². The molecule has 3 N–H and O–H groups in total. The zero-order valence-corrected chi connectivity index (χ0v) is 10.5. The summed E-state index contributed by atoms with van der Waals surface area (Å²) in [5, 5.41) is 12.0. The Kier molecular flexibility index (Phi) is 3.64. The van der Waals surface area contributed by atoms with E-state index in [-0.39, 0.29) is 11.4 Å². The van der Waals surface area contributed by atoms with Gasteiger partial charge in [-0.25, -0.2) is 4.98 Å². The number of amides is 1. The molecule has 6 heteroatoms. The first-order valence-electron chi connectivity index (χ1n) is 5.33. The molecule has 5 nitrogen and oxygen atoms in total. The highest BCUT2D eigenvalue weighted by Gasteiger charge is 2.13. The zero-order chi connectivity index (χ0) is 13.8. The summed E-state index contributed by atoms with van der Waals surface area (Å²) in [6, 6.07) is 9.77. The van der Waals surface area contributed by atoms with Gasteiger partial charge in [-0.1, -0.05) is 11.6 Å². The van der Waals surface area contributed by atoms with Crippen molar-refractivity contribution in [3.63, 3.8) is 0 Å². The average molecular weight is 273 g/mol. The van der Waals surface area contributed by atoms with Gasteiger partial charge in [0.2, 0.25) is 0 Å². The van der Waals surface area contributed by atoms with E-state index in [1.165, 1.54) is 18.3 Å². The quantitative estimate of drug-likeness (QED) is 0.878. The van der Waals surface area contributed by atoms with Crippen LogP contribution < -0.4 is 11.1 Å². The molecule has 1 heterocycles. The van der Waals surface area contributed by atoms with Crippen molar-refractivity contribution in [1.29, 1.82) is 5.26 Å². The summed E-state index contributed by atoms with van der Waals surface area (Å²) < 4.78 is 0. The molecule has 1 amide bonds. The molecule has 0 unspecified atom stereocenters. The molecule has 94 valence electrons. The fourth-order valence-electron chi connectivity index (χ4n) is 1.51. The molecule has 0 aliphatic carbocycles. The van der Waals surface area contributed by atoms with E-state index in [1.807, 2.05) is 6.07 Å². The summed E-state index contributed by atoms with van der Waals surface area (Å²) in [4.78, 5) is 15.9. The van der Waals surface area contributed by atoms with Crippen molar-refractivity contribution in [2.45, 2.75) is 0 Å². The highest BCUT2D eigenvalue weighted by Crippen LogP contribution is 2.21. The Morgan fingerprint density at radius 2 is 2.21 bits per heavy atom. The third kappa shape index (κ3) is 2.81. The molecule has 2 aromatic rings. The van der Waals surface area contributed by atoms with E-state index in [1.54, 1.807) is 18.2 Å². The number of rotatable bonds is 2. The van der Waals surface area contributed by atoms with Gasteiger partial charge in [-0.2, -0.15) is 5.26 Å². The number of hydrogen-bond donors (Lipinski definition) is 2. The predicted octanol–water partition coefficient (Wildman–Crippen LogP) is 2.44. The molecule has 0 aliphatic heterocycles. The molecular formula is C13H9ClN4O. The van der Waals surface area contributed by atoms with Gasteiger partial charge in [0.15, 0.2) is 5.69 Å². The highest BCUT2D eigenvalue weighted by molar-refractivity contribution is 6.31. The summed E-state index contributed by atoms with van der Waals surface area (Å²) in [5.41, 5.74) is 6.67. The van der Waals surface area contributed by atoms with E-state index in [0.717, 1.165) is 0 Å². The Hall–Kier alpha value is -2.58. The third-order valence-electron chi connectivity index (χ3n) is 2.40. The predicted molar refractivity (Wildman–Crippen MR) is 72.8 cm³/mol. The van der Waals surface area contributed by atoms with Crippen molar-refractivity contribution >= 4 is 28.9 Å². The number of halogens is 1. The van der Waals surface area contributed by atoms with E-state index in [0.29, 0.717) is 16.3 Å². The van der Waals surface area contributed by atoms with Crippen LogP contribution in [0.2, 0.25) is 5.02 Å². The molecule has 0 saturated carbocycles. The molecule has 0 radical (unpaired) electrons. The second-order valence-electron chi connectivity index (χ2n) is 3.70. The van der Waals surface area contributed by atoms with Crippen molar-refractivity contribution in [2.24, 2.45) is 0 Å². The molecule has 0 bridgehead atoms. The van der Waals surface area contributed by atoms with Gasteiger partial charge in [0.25, 0.3) is 5.91 Å². The van der Waals surface area contributed by atoms with Gasteiger partial charge in [0, 0.05) is 11.2 Å². The average Bonchev–Trinajstić information content (AvgIpc) is 2.39. The Morgan fingerprint density at radius 1 is 1.42 bits per heavy atom. The first-order chi connectivity index (χ1) is 9.11. The maximum atomic E-state index is 12.0. The zero-order valence-electron chi connectivity index (χ0n) is 9.72. The number of nitrogens with one attached hydrogen (secondary N) is 1. The second kappa shape index (κ2) is 5.38. The van der Waals surface area contributed by atoms with Gasteiger partial charge >= 0.3 is 0 Å². The molecule has 0 spiro atoms. The van der Waals surface area contributed by atoms with E-state index in [4.69, 9.17) is 22.6 Å². The molecular weight excluding hydrogens is 264 g/mol. The number of pyridine rings is 1. The summed E-state index contributed by atoms with van der Waals surface area (Å²) in [6.07, 6.45) is 1.47. The molecule has 19 heavy (non-hydrogen) atoms. The Morgan fingerprint density at radius 3 is 2.89 bits per heavy atom. The first kappa shape index (κ1) is 12.9. The number of benzene rings is 1. The number of nitrogens with zero attached hydrogens (tertiary/aromatic N) is 2. The van der Waals surface area contributed by atoms with Crippen molar-refractivity contribution < 1.29 is 4.79 Å². The van der Waals surface area contributed by atoms with Crippen LogP contribution in [0.4, 0.5) is 11.4 Å². The van der Waals surface area contributed by atoms with Crippen LogP contribution in [-0.4, -0.2) is 10.9 Å². The molecule has 2 rings (SSSR count). The lowest BCUT2D eigenvalue weighted by atomic mass is 10.2. The maximum absolute atomic E-state index is 12.0. The van der Waals surface area contributed by atoms with Gasteiger partial charge in [-0.05, 0) is 30.3 Å². The van der Waals surface area contributed by atoms with Gasteiger partial charge in [-0.3, -0.25) is 4.79 Å². The number of hydrogen-bond acceptors (Lipinski definition) is 4. The lowest BCUT2D eigenvalue weighted by Gasteiger charge is -2.08. The van der Waals surface area contributed by atoms with Gasteiger partial charge in [0.1, 0.15) is 6.07 Å². The number of anilines is 2. The van der Waals surface area contributed by atoms with Crippen LogP contribution in [0.3, 0.4) is 0 Å². The lowest BCUT2D eigenvalue weighted by molar-refractivity contribution is 0.102. The van der Waals surface area contributed by atoms with Gasteiger partial charge in [0.05, 0.1) is 16.9 Å². The number of nitriles is 1. The topological polar surface area (TPSA) is 91.8 Å². The molecule has 1 aromatic heterocycles. The SMILES string of the molecule is N#Cc1ccc(Cl)cc1NC(=O)c1ncccc1N. The fourth-order valence-corrected chi connectivity index (χ4v) is 1.68. The lowest BCUT2D eigenvalue weighted by Crippen LogP contribution is -2.16. The van der Waals surface area contributed by atoms with Crippen molar-refractivity contribution in [2.75, 3.05) is 11.1 Å². The number of aromatic nitrogens is 1. The normalized spacial score (nSPS) is 9.68. The van der Waals surface area contributed by atoms with Crippen LogP contribution >= 0.6 is 11.6 Å². The summed E-state index contributed by atoms with van der Waals surface area (Å²) in [5.74, 6) is -0.489.